The van der Waals surface area contributed by atoms with Gasteiger partial charge in [-0.3, -0.25) is 9.89 Å². The Morgan fingerprint density at radius 3 is 2.54 bits per heavy atom. The predicted octanol–water partition coefficient (Wildman–Crippen LogP) is 0.994. The largest absolute Gasteiger partial charge is 0.379 e. The number of likely N-dealkylation sites (tertiary alicyclic amines) is 1. The van der Waals surface area contributed by atoms with E-state index in [2.05, 4.69) is 48.1 Å². The highest BCUT2D eigenvalue weighted by Gasteiger charge is 2.28. The quantitative estimate of drug-likeness (QED) is 0.535. The van der Waals surface area contributed by atoms with Crippen LogP contribution in [0.3, 0.4) is 0 Å². The smallest absolute Gasteiger partial charge is 0.191 e. The van der Waals surface area contributed by atoms with Crippen LogP contribution in [0.4, 0.5) is 0 Å². The summed E-state index contributed by atoms with van der Waals surface area (Å²) < 4.78 is 5.47. The van der Waals surface area contributed by atoms with Crippen LogP contribution in [0.1, 0.15) is 34.1 Å². The Morgan fingerprint density at radius 2 is 1.92 bits per heavy atom. The van der Waals surface area contributed by atoms with Crippen molar-refractivity contribution in [3.63, 3.8) is 0 Å². The fourth-order valence-electron chi connectivity index (χ4n) is 3.49. The molecule has 2 aliphatic rings. The molecule has 0 aromatic heterocycles. The first-order valence-corrected chi connectivity index (χ1v) is 9.62. The van der Waals surface area contributed by atoms with E-state index in [1.165, 1.54) is 26.1 Å². The van der Waals surface area contributed by atoms with E-state index in [1.807, 2.05) is 0 Å². The van der Waals surface area contributed by atoms with Crippen molar-refractivity contribution in [2.24, 2.45) is 10.9 Å². The summed E-state index contributed by atoms with van der Waals surface area (Å²) in [5, 5.41) is 6.94. The monoisotopic (exact) mass is 339 g/mol. The van der Waals surface area contributed by atoms with Gasteiger partial charge in [0.15, 0.2) is 5.96 Å². The highest BCUT2D eigenvalue weighted by molar-refractivity contribution is 5.79. The van der Waals surface area contributed by atoms with Gasteiger partial charge in [0.1, 0.15) is 0 Å². The fraction of sp³-hybridized carbons (Fsp3) is 0.944. The van der Waals surface area contributed by atoms with Crippen molar-refractivity contribution in [3.05, 3.63) is 0 Å². The molecule has 0 aromatic carbocycles. The zero-order valence-corrected chi connectivity index (χ0v) is 16.1. The van der Waals surface area contributed by atoms with E-state index in [4.69, 9.17) is 9.73 Å². The molecule has 0 radical (unpaired) electrons. The van der Waals surface area contributed by atoms with Crippen LogP contribution in [-0.4, -0.2) is 86.9 Å². The lowest BCUT2D eigenvalue weighted by Gasteiger charge is -2.39. The number of nitrogens with one attached hydrogen (secondary N) is 2. The molecule has 0 amide bonds. The minimum atomic E-state index is 0.0680. The van der Waals surface area contributed by atoms with Crippen molar-refractivity contribution in [1.82, 2.24) is 20.4 Å². The molecule has 2 N–H and O–H groups in total. The average Bonchev–Trinajstić information content (AvgIpc) is 3.06. The zero-order valence-electron chi connectivity index (χ0n) is 16.1. The van der Waals surface area contributed by atoms with E-state index in [1.54, 1.807) is 0 Å². The summed E-state index contributed by atoms with van der Waals surface area (Å²) in [6.07, 6.45) is 1.29. The third-order valence-electron chi connectivity index (χ3n) is 5.21. The van der Waals surface area contributed by atoms with Crippen molar-refractivity contribution in [2.45, 2.75) is 39.7 Å². The maximum Gasteiger partial charge on any atom is 0.191 e. The minimum absolute atomic E-state index is 0.0680. The minimum Gasteiger partial charge on any atom is -0.379 e. The molecule has 24 heavy (non-hydrogen) atoms. The Kier molecular flexibility index (Phi) is 7.78. The molecule has 0 aromatic rings. The van der Waals surface area contributed by atoms with Crippen LogP contribution in [-0.2, 0) is 4.74 Å². The second-order valence-electron chi connectivity index (χ2n) is 7.54. The third kappa shape index (κ3) is 5.90. The lowest BCUT2D eigenvalue weighted by atomic mass is 10.0. The van der Waals surface area contributed by atoms with Gasteiger partial charge in [0.2, 0.25) is 0 Å². The van der Waals surface area contributed by atoms with Crippen molar-refractivity contribution < 1.29 is 4.74 Å². The molecule has 1 atom stereocenters. The van der Waals surface area contributed by atoms with Gasteiger partial charge in [-0.2, -0.15) is 0 Å². The molecule has 2 saturated heterocycles. The van der Waals surface area contributed by atoms with Gasteiger partial charge in [-0.05, 0) is 46.2 Å². The van der Waals surface area contributed by atoms with Crippen LogP contribution in [0.15, 0.2) is 4.99 Å². The number of nitrogens with zero attached hydrogens (tertiary/aromatic N) is 3. The molecule has 2 heterocycles. The van der Waals surface area contributed by atoms with Gasteiger partial charge in [0, 0.05) is 38.3 Å². The SMILES string of the molecule is CCNC(=NCC(C)(C)N1CCOCC1)NCC1CCN(CC)C1. The summed E-state index contributed by atoms with van der Waals surface area (Å²) in [6.45, 7) is 18.9. The Morgan fingerprint density at radius 1 is 1.17 bits per heavy atom. The molecule has 6 heteroatoms. The highest BCUT2D eigenvalue weighted by Crippen LogP contribution is 2.17. The van der Waals surface area contributed by atoms with E-state index in [9.17, 15) is 0 Å². The summed E-state index contributed by atoms with van der Waals surface area (Å²) in [6, 6.07) is 0. The second-order valence-corrected chi connectivity index (χ2v) is 7.54. The second kappa shape index (κ2) is 9.59. The van der Waals surface area contributed by atoms with Gasteiger partial charge in [0.25, 0.3) is 0 Å². The lowest BCUT2D eigenvalue weighted by Crippen LogP contribution is -2.52. The summed E-state index contributed by atoms with van der Waals surface area (Å²) in [5.74, 6) is 1.69. The molecule has 1 unspecified atom stereocenters. The molecule has 0 spiro atoms. The summed E-state index contributed by atoms with van der Waals surface area (Å²) in [7, 11) is 0. The molecule has 140 valence electrons. The van der Waals surface area contributed by atoms with Crippen LogP contribution in [0.5, 0.6) is 0 Å². The maximum absolute atomic E-state index is 5.47. The normalized spacial score (nSPS) is 24.3. The van der Waals surface area contributed by atoms with E-state index < -0.39 is 0 Å². The first-order valence-electron chi connectivity index (χ1n) is 9.62. The molecule has 2 fully saturated rings. The molecule has 0 bridgehead atoms. The molecular weight excluding hydrogens is 302 g/mol. The highest BCUT2D eigenvalue weighted by atomic mass is 16.5. The van der Waals surface area contributed by atoms with Crippen molar-refractivity contribution in [3.8, 4) is 0 Å². The summed E-state index contributed by atoms with van der Waals surface area (Å²) in [4.78, 5) is 9.87. The van der Waals surface area contributed by atoms with Gasteiger partial charge >= 0.3 is 0 Å². The average molecular weight is 340 g/mol. The number of guanidine groups is 1. The number of rotatable bonds is 7. The molecule has 2 aliphatic heterocycles. The van der Waals surface area contributed by atoms with Crippen molar-refractivity contribution in [1.29, 1.82) is 0 Å². The molecule has 6 nitrogen and oxygen atoms in total. The summed E-state index contributed by atoms with van der Waals surface area (Å²) in [5.41, 5.74) is 0.0680. The van der Waals surface area contributed by atoms with Crippen molar-refractivity contribution >= 4 is 5.96 Å². The van der Waals surface area contributed by atoms with Gasteiger partial charge < -0.3 is 20.3 Å². The first kappa shape index (κ1) is 19.5. The molecular formula is C18H37N5O. The molecule has 0 saturated carbocycles. The lowest BCUT2D eigenvalue weighted by molar-refractivity contribution is -0.00683. The van der Waals surface area contributed by atoms with Gasteiger partial charge in [-0.15, -0.1) is 0 Å². The van der Waals surface area contributed by atoms with Crippen LogP contribution >= 0.6 is 0 Å². The Hall–Kier alpha value is -0.850. The van der Waals surface area contributed by atoms with E-state index in [0.29, 0.717) is 0 Å². The first-order chi connectivity index (χ1) is 11.5. The number of aliphatic imine (C=N–C) groups is 1. The van der Waals surface area contributed by atoms with E-state index >= 15 is 0 Å². The fourth-order valence-corrected chi connectivity index (χ4v) is 3.49. The Bertz CT molecular complexity index is 393. The van der Waals surface area contributed by atoms with E-state index in [-0.39, 0.29) is 5.54 Å². The standard InChI is InChI=1S/C18H37N5O/c1-5-19-17(20-13-16-7-8-22(6-2)14-16)21-15-18(3,4)23-9-11-24-12-10-23/h16H,5-15H2,1-4H3,(H2,19,20,21). The number of ether oxygens (including phenoxy) is 1. The van der Waals surface area contributed by atoms with Crippen LogP contribution < -0.4 is 10.6 Å². The number of morpholine rings is 1. The zero-order chi connectivity index (χ0) is 17.4. The van der Waals surface area contributed by atoms with Gasteiger partial charge in [0.05, 0.1) is 19.8 Å². The van der Waals surface area contributed by atoms with Crippen LogP contribution in [0.2, 0.25) is 0 Å². The van der Waals surface area contributed by atoms with E-state index in [0.717, 1.165) is 57.8 Å². The van der Waals surface area contributed by atoms with Crippen LogP contribution in [0, 0.1) is 5.92 Å². The summed E-state index contributed by atoms with van der Waals surface area (Å²) >= 11 is 0. The van der Waals surface area contributed by atoms with Gasteiger partial charge in [-0.1, -0.05) is 6.92 Å². The number of hydrogen-bond donors (Lipinski definition) is 2. The van der Waals surface area contributed by atoms with Crippen molar-refractivity contribution in [2.75, 3.05) is 65.6 Å². The number of hydrogen-bond acceptors (Lipinski definition) is 4. The Labute approximate surface area is 148 Å². The predicted molar refractivity (Wildman–Crippen MR) is 101 cm³/mol. The third-order valence-corrected chi connectivity index (χ3v) is 5.21. The van der Waals surface area contributed by atoms with Crippen LogP contribution in [0.25, 0.3) is 0 Å². The topological polar surface area (TPSA) is 52.1 Å². The molecule has 0 aliphatic carbocycles. The Balaban J connectivity index is 1.83. The maximum atomic E-state index is 5.47. The van der Waals surface area contributed by atoms with Gasteiger partial charge in [-0.25, -0.2) is 0 Å². The molecule has 2 rings (SSSR count).